The van der Waals surface area contributed by atoms with Gasteiger partial charge in [-0.25, -0.2) is 9.13 Å². The SMILES string of the molecule is OP(O)CCCCC[n+]1ccc(-c2cc[n+](CCCCCP(O)O)cc2)cc1. The number of unbranched alkanes of at least 4 members (excludes halogenated alkanes) is 4. The van der Waals surface area contributed by atoms with Gasteiger partial charge in [-0.2, -0.15) is 0 Å². The molecule has 154 valence electrons. The zero-order valence-electron chi connectivity index (χ0n) is 16.3. The monoisotopic (exact) mass is 426 g/mol. The van der Waals surface area contributed by atoms with Crippen molar-refractivity contribution in [2.24, 2.45) is 0 Å². The van der Waals surface area contributed by atoms with Gasteiger partial charge in [0.1, 0.15) is 13.1 Å². The van der Waals surface area contributed by atoms with E-state index in [-0.39, 0.29) is 0 Å². The molecule has 2 rings (SSSR count). The second kappa shape index (κ2) is 13.3. The maximum atomic E-state index is 8.90. The highest BCUT2D eigenvalue weighted by atomic mass is 31.2. The average molecular weight is 426 g/mol. The predicted molar refractivity (Wildman–Crippen MR) is 112 cm³/mol. The third kappa shape index (κ3) is 9.47. The van der Waals surface area contributed by atoms with Crippen molar-refractivity contribution in [3.05, 3.63) is 49.1 Å². The van der Waals surface area contributed by atoms with Crippen LogP contribution >= 0.6 is 16.8 Å². The second-order valence-electron chi connectivity index (χ2n) is 6.96. The summed E-state index contributed by atoms with van der Waals surface area (Å²) in [5.74, 6) is 0. The Hall–Kier alpha value is -1.00. The molecule has 0 spiro atoms. The highest BCUT2D eigenvalue weighted by Crippen LogP contribution is 2.25. The Balaban J connectivity index is 1.74. The highest BCUT2D eigenvalue weighted by Gasteiger charge is 2.07. The van der Waals surface area contributed by atoms with Crippen LogP contribution in [0.2, 0.25) is 0 Å². The standard InChI is InChI=1S/C20H32N2O4P2/c23-27(24)17-5-1-3-11-21-13-7-19(8-14-21)20-9-15-22(16-10-20)12-4-2-6-18-28(25)26/h7-10,13-16,23-26H,1-6,11-12,17-18H2/q+2. The fraction of sp³-hybridized carbons (Fsp3) is 0.500. The first-order chi connectivity index (χ1) is 13.5. The summed E-state index contributed by atoms with van der Waals surface area (Å²) < 4.78 is 4.33. The van der Waals surface area contributed by atoms with Crippen LogP contribution in [0.15, 0.2) is 49.1 Å². The molecule has 0 atom stereocenters. The smallest absolute Gasteiger partial charge is 0.169 e. The van der Waals surface area contributed by atoms with Gasteiger partial charge >= 0.3 is 0 Å². The molecule has 0 saturated heterocycles. The molecule has 0 amide bonds. The third-order valence-corrected chi connectivity index (χ3v) is 6.10. The Kier molecular flexibility index (Phi) is 11.0. The predicted octanol–water partition coefficient (Wildman–Crippen LogP) is 2.86. The van der Waals surface area contributed by atoms with Crippen molar-refractivity contribution in [2.45, 2.75) is 51.6 Å². The first-order valence-electron chi connectivity index (χ1n) is 9.84. The van der Waals surface area contributed by atoms with Gasteiger partial charge in [-0.15, -0.1) is 0 Å². The molecule has 4 N–H and O–H groups in total. The summed E-state index contributed by atoms with van der Waals surface area (Å²) in [5, 5.41) is 0. The normalized spacial score (nSPS) is 11.5. The van der Waals surface area contributed by atoms with Crippen LogP contribution in [-0.2, 0) is 13.1 Å². The molecule has 0 aliphatic rings. The van der Waals surface area contributed by atoms with E-state index in [0.29, 0.717) is 12.3 Å². The fourth-order valence-electron chi connectivity index (χ4n) is 3.05. The van der Waals surface area contributed by atoms with Gasteiger partial charge in [0.05, 0.1) is 0 Å². The lowest BCUT2D eigenvalue weighted by molar-refractivity contribution is -0.697. The van der Waals surface area contributed by atoms with E-state index in [0.717, 1.165) is 51.6 Å². The van der Waals surface area contributed by atoms with E-state index in [2.05, 4.69) is 58.2 Å². The van der Waals surface area contributed by atoms with E-state index in [9.17, 15) is 0 Å². The number of hydrogen-bond acceptors (Lipinski definition) is 4. The molecule has 0 unspecified atom stereocenters. The molecule has 0 fully saturated rings. The van der Waals surface area contributed by atoms with Crippen LogP contribution in [-0.4, -0.2) is 31.9 Å². The molecule has 0 saturated carbocycles. The van der Waals surface area contributed by atoms with Crippen molar-refractivity contribution >= 4 is 16.8 Å². The Morgan fingerprint density at radius 3 is 1.21 bits per heavy atom. The minimum absolute atomic E-state index is 0.513. The van der Waals surface area contributed by atoms with Crippen LogP contribution in [0.4, 0.5) is 0 Å². The molecule has 8 heteroatoms. The molecule has 6 nitrogen and oxygen atoms in total. The van der Waals surface area contributed by atoms with Crippen molar-refractivity contribution < 1.29 is 28.7 Å². The fourth-order valence-corrected chi connectivity index (χ4v) is 4.06. The molecule has 0 radical (unpaired) electrons. The van der Waals surface area contributed by atoms with E-state index in [4.69, 9.17) is 19.6 Å². The van der Waals surface area contributed by atoms with Crippen LogP contribution in [0.5, 0.6) is 0 Å². The van der Waals surface area contributed by atoms with Gasteiger partial charge < -0.3 is 19.6 Å². The van der Waals surface area contributed by atoms with Crippen molar-refractivity contribution in [3.8, 4) is 11.1 Å². The topological polar surface area (TPSA) is 88.7 Å². The number of rotatable bonds is 13. The molecule has 2 aromatic heterocycles. The summed E-state index contributed by atoms with van der Waals surface area (Å²) in [6, 6.07) is 8.51. The van der Waals surface area contributed by atoms with Gasteiger partial charge in [-0.3, -0.25) is 0 Å². The average Bonchev–Trinajstić information content (AvgIpc) is 2.68. The number of aromatic nitrogens is 2. The minimum Gasteiger partial charge on any atom is -0.350 e. The van der Waals surface area contributed by atoms with Crippen molar-refractivity contribution in [1.29, 1.82) is 0 Å². The molecule has 2 aromatic rings. The maximum Gasteiger partial charge on any atom is 0.169 e. The Labute approximate surface area is 170 Å². The van der Waals surface area contributed by atoms with E-state index in [1.807, 2.05) is 0 Å². The number of hydrogen-bond donors (Lipinski definition) is 4. The lowest BCUT2D eigenvalue weighted by Crippen LogP contribution is -2.33. The van der Waals surface area contributed by atoms with E-state index in [1.165, 1.54) is 11.1 Å². The van der Waals surface area contributed by atoms with Gasteiger partial charge in [-0.05, 0) is 36.8 Å². The lowest BCUT2D eigenvalue weighted by atomic mass is 10.1. The Morgan fingerprint density at radius 1 is 0.536 bits per heavy atom. The largest absolute Gasteiger partial charge is 0.350 e. The first kappa shape index (κ1) is 23.3. The molecular weight excluding hydrogens is 394 g/mol. The lowest BCUT2D eigenvalue weighted by Gasteiger charge is -2.03. The van der Waals surface area contributed by atoms with Crippen LogP contribution in [0.1, 0.15) is 38.5 Å². The first-order valence-corrected chi connectivity index (χ1v) is 12.7. The third-order valence-electron chi connectivity index (χ3n) is 4.66. The van der Waals surface area contributed by atoms with Crippen molar-refractivity contribution in [2.75, 3.05) is 12.3 Å². The van der Waals surface area contributed by atoms with Crippen LogP contribution in [0.25, 0.3) is 11.1 Å². The van der Waals surface area contributed by atoms with Crippen molar-refractivity contribution in [1.82, 2.24) is 0 Å². The summed E-state index contributed by atoms with van der Waals surface area (Å²) in [5.41, 5.74) is 2.38. The molecule has 2 heterocycles. The van der Waals surface area contributed by atoms with Gasteiger partial charge in [0.25, 0.3) is 0 Å². The summed E-state index contributed by atoms with van der Waals surface area (Å²) in [7, 11) is -3.48. The minimum atomic E-state index is -1.74. The summed E-state index contributed by atoms with van der Waals surface area (Å²) in [6.07, 6.45) is 15.2. The molecule has 0 aliphatic heterocycles. The van der Waals surface area contributed by atoms with Crippen LogP contribution < -0.4 is 9.13 Å². The highest BCUT2D eigenvalue weighted by molar-refractivity contribution is 7.45. The van der Waals surface area contributed by atoms with Gasteiger partial charge in [0.2, 0.25) is 0 Å². The number of aryl methyl sites for hydroxylation is 2. The second-order valence-corrected chi connectivity index (χ2v) is 9.35. The summed E-state index contributed by atoms with van der Waals surface area (Å²) in [4.78, 5) is 35.6. The Morgan fingerprint density at radius 2 is 0.893 bits per heavy atom. The summed E-state index contributed by atoms with van der Waals surface area (Å²) in [6.45, 7) is 1.89. The maximum absolute atomic E-state index is 8.90. The molecular formula is C20H32N2O4P2+2. The number of pyridine rings is 2. The molecule has 28 heavy (non-hydrogen) atoms. The van der Waals surface area contributed by atoms with Gasteiger partial charge in [0.15, 0.2) is 41.5 Å². The van der Waals surface area contributed by atoms with E-state index < -0.39 is 16.8 Å². The Bertz CT molecular complexity index is 607. The zero-order chi connectivity index (χ0) is 20.2. The van der Waals surface area contributed by atoms with E-state index in [1.54, 1.807) is 0 Å². The number of nitrogens with zero attached hydrogens (tertiary/aromatic N) is 2. The quantitative estimate of drug-likeness (QED) is 0.225. The molecule has 0 aromatic carbocycles. The van der Waals surface area contributed by atoms with Gasteiger partial charge in [0, 0.05) is 49.4 Å². The summed E-state index contributed by atoms with van der Waals surface area (Å²) >= 11 is 0. The molecule has 0 aliphatic carbocycles. The van der Waals surface area contributed by atoms with Crippen molar-refractivity contribution in [3.63, 3.8) is 0 Å². The van der Waals surface area contributed by atoms with Gasteiger partial charge in [-0.1, -0.05) is 0 Å². The molecule has 0 bridgehead atoms. The van der Waals surface area contributed by atoms with E-state index >= 15 is 0 Å². The van der Waals surface area contributed by atoms with Crippen LogP contribution in [0.3, 0.4) is 0 Å². The zero-order valence-corrected chi connectivity index (χ0v) is 18.1. The van der Waals surface area contributed by atoms with Crippen LogP contribution in [0, 0.1) is 0 Å².